The van der Waals surface area contributed by atoms with Crippen molar-refractivity contribution in [3.63, 3.8) is 0 Å². The van der Waals surface area contributed by atoms with Crippen LogP contribution in [0.25, 0.3) is 0 Å². The molecule has 0 fully saturated rings. The van der Waals surface area contributed by atoms with Gasteiger partial charge < -0.3 is 5.40 Å². The third-order valence-corrected chi connectivity index (χ3v) is 7.40. The first kappa shape index (κ1) is 9.18. The molecule has 0 heterocycles. The quantitative estimate of drug-likeness (QED) is 0.606. The van der Waals surface area contributed by atoms with Gasteiger partial charge in [0.25, 0.3) is 0 Å². The molecule has 0 rings (SSSR count). The molecule has 0 aromatic heterocycles. The Balaban J connectivity index is 3.92. The van der Waals surface area contributed by atoms with Crippen molar-refractivity contribution >= 4 is 8.24 Å². The molecule has 9 heavy (non-hydrogen) atoms. The molecule has 1 nitrogen and oxygen atoms in total. The summed E-state index contributed by atoms with van der Waals surface area (Å²) in [4.78, 5) is 0. The Bertz CT molecular complexity index is 77.0. The zero-order valence-electron chi connectivity index (χ0n) is 7.07. The van der Waals surface area contributed by atoms with E-state index in [-0.39, 0.29) is 0 Å². The van der Waals surface area contributed by atoms with Crippen LogP contribution >= 0.6 is 0 Å². The van der Waals surface area contributed by atoms with Crippen molar-refractivity contribution in [1.82, 2.24) is 0 Å². The first-order valence-corrected chi connectivity index (χ1v) is 6.42. The van der Waals surface area contributed by atoms with E-state index in [2.05, 4.69) is 27.7 Å². The number of nitrogens with two attached hydrogens (primary N) is 1. The van der Waals surface area contributed by atoms with E-state index in [1.165, 1.54) is 12.1 Å². The lowest BCUT2D eigenvalue weighted by Gasteiger charge is -2.27. The normalized spacial score (nSPS) is 12.7. The van der Waals surface area contributed by atoms with Gasteiger partial charge in [0, 0.05) is 0 Å². The molecular weight excluding hydrogens is 126 g/mol. The van der Waals surface area contributed by atoms with Gasteiger partial charge in [0.15, 0.2) is 0 Å². The highest BCUT2D eigenvalue weighted by Gasteiger charge is 2.27. The smallest absolute Gasteiger partial charge is 0.125 e. The molecule has 0 radical (unpaired) electrons. The fourth-order valence-corrected chi connectivity index (χ4v) is 3.20. The van der Waals surface area contributed by atoms with Crippen LogP contribution in [-0.2, 0) is 0 Å². The Kier molecular flexibility index (Phi) is 3.44. The molecule has 0 aromatic carbocycles. The molecule has 0 aliphatic heterocycles. The Labute approximate surface area is 59.7 Å². The van der Waals surface area contributed by atoms with Crippen LogP contribution in [-0.4, -0.2) is 8.24 Å². The van der Waals surface area contributed by atoms with Gasteiger partial charge in [-0.1, -0.05) is 27.7 Å². The lowest BCUT2D eigenvalue weighted by Crippen LogP contribution is -2.46. The summed E-state index contributed by atoms with van der Waals surface area (Å²) in [5.41, 5.74) is 0.743. The van der Waals surface area contributed by atoms with Crippen LogP contribution < -0.4 is 5.40 Å². The van der Waals surface area contributed by atoms with Crippen molar-refractivity contribution in [3.05, 3.63) is 0 Å². The Morgan fingerprint density at radius 2 is 1.56 bits per heavy atom. The number of hydrogen-bond donors (Lipinski definition) is 1. The zero-order valence-corrected chi connectivity index (χ0v) is 8.07. The van der Waals surface area contributed by atoms with Gasteiger partial charge >= 0.3 is 0 Å². The van der Waals surface area contributed by atoms with Gasteiger partial charge in [0.2, 0.25) is 0 Å². The second-order valence-electron chi connectivity index (χ2n) is 3.09. The fraction of sp³-hybridized carbons (Fsp3) is 1.00. The average Bonchev–Trinajstić information content (AvgIpc) is 1.86. The minimum atomic E-state index is -1.27. The Morgan fingerprint density at radius 1 is 1.22 bits per heavy atom. The van der Waals surface area contributed by atoms with E-state index >= 15 is 0 Å². The van der Waals surface area contributed by atoms with Crippen LogP contribution in [0.5, 0.6) is 0 Å². The molecule has 0 aromatic rings. The van der Waals surface area contributed by atoms with Gasteiger partial charge in [-0.05, 0) is 17.6 Å². The molecule has 0 saturated carbocycles. The summed E-state index contributed by atoms with van der Waals surface area (Å²) in [5.74, 6) is 0. The van der Waals surface area contributed by atoms with Gasteiger partial charge in [0.1, 0.15) is 8.24 Å². The molecule has 0 unspecified atom stereocenters. The summed E-state index contributed by atoms with van der Waals surface area (Å²) in [6.45, 7) is 8.93. The maximum Gasteiger partial charge on any atom is 0.125 e. The lowest BCUT2D eigenvalue weighted by molar-refractivity contribution is 0.953. The molecule has 0 spiro atoms. The molecule has 2 N–H and O–H groups in total. The highest BCUT2D eigenvalue weighted by Crippen LogP contribution is 2.22. The first-order chi connectivity index (χ1) is 4.06. The summed E-state index contributed by atoms with van der Waals surface area (Å²) in [6.07, 6.45) is 0. The highest BCUT2D eigenvalue weighted by atomic mass is 28.3. The van der Waals surface area contributed by atoms with Gasteiger partial charge in [-0.3, -0.25) is 0 Å². The minimum absolute atomic E-state index is 0.743. The monoisotopic (exact) mass is 145 g/mol. The number of hydrogen-bond acceptors (Lipinski definition) is 1. The molecule has 0 aliphatic carbocycles. The van der Waals surface area contributed by atoms with E-state index in [4.69, 9.17) is 5.40 Å². The summed E-state index contributed by atoms with van der Waals surface area (Å²) in [6, 6.07) is 2.45. The fourth-order valence-electron chi connectivity index (χ4n) is 1.07. The number of rotatable bonds is 3. The summed E-state index contributed by atoms with van der Waals surface area (Å²) in [7, 11) is -1.27. The molecule has 2 heteroatoms. The van der Waals surface area contributed by atoms with Crippen LogP contribution in [0.3, 0.4) is 0 Å². The molecule has 56 valence electrons. The van der Waals surface area contributed by atoms with Crippen LogP contribution in [0.4, 0.5) is 0 Å². The average molecular weight is 145 g/mol. The second-order valence-corrected chi connectivity index (χ2v) is 8.13. The zero-order chi connectivity index (χ0) is 7.49. The molecular formula is C7H19NSi. The SMILES string of the molecule is CC[Si](N)(CC)C(C)C. The van der Waals surface area contributed by atoms with Crippen LogP contribution in [0.15, 0.2) is 0 Å². The van der Waals surface area contributed by atoms with Gasteiger partial charge in [-0.25, -0.2) is 0 Å². The van der Waals surface area contributed by atoms with E-state index in [0.717, 1.165) is 5.54 Å². The van der Waals surface area contributed by atoms with Crippen molar-refractivity contribution in [1.29, 1.82) is 0 Å². The molecule has 0 atom stereocenters. The van der Waals surface area contributed by atoms with Crippen molar-refractivity contribution in [2.45, 2.75) is 45.3 Å². The maximum absolute atomic E-state index is 6.18. The largest absolute Gasteiger partial charge is 0.350 e. The minimum Gasteiger partial charge on any atom is -0.350 e. The third kappa shape index (κ3) is 2.10. The predicted octanol–water partition coefficient (Wildman–Crippen LogP) is 2.34. The van der Waals surface area contributed by atoms with Gasteiger partial charge in [0.05, 0.1) is 0 Å². The van der Waals surface area contributed by atoms with E-state index in [1.54, 1.807) is 0 Å². The predicted molar refractivity (Wildman–Crippen MR) is 46.0 cm³/mol. The Morgan fingerprint density at radius 3 is 1.56 bits per heavy atom. The summed E-state index contributed by atoms with van der Waals surface area (Å²) >= 11 is 0. The third-order valence-electron chi connectivity index (χ3n) is 2.47. The lowest BCUT2D eigenvalue weighted by atomic mass is 10.6. The van der Waals surface area contributed by atoms with E-state index in [9.17, 15) is 0 Å². The summed E-state index contributed by atoms with van der Waals surface area (Å²) in [5, 5.41) is 6.18. The van der Waals surface area contributed by atoms with Crippen LogP contribution in [0, 0.1) is 0 Å². The van der Waals surface area contributed by atoms with E-state index in [1.807, 2.05) is 0 Å². The van der Waals surface area contributed by atoms with Crippen LogP contribution in [0.1, 0.15) is 27.7 Å². The van der Waals surface area contributed by atoms with Crippen LogP contribution in [0.2, 0.25) is 17.6 Å². The van der Waals surface area contributed by atoms with Crippen molar-refractivity contribution < 1.29 is 0 Å². The topological polar surface area (TPSA) is 26.0 Å². The van der Waals surface area contributed by atoms with Crippen molar-refractivity contribution in [2.24, 2.45) is 5.40 Å². The van der Waals surface area contributed by atoms with Gasteiger partial charge in [-0.2, -0.15) is 0 Å². The van der Waals surface area contributed by atoms with E-state index < -0.39 is 8.24 Å². The molecule has 0 saturated heterocycles. The maximum atomic E-state index is 6.18. The van der Waals surface area contributed by atoms with Crippen molar-refractivity contribution in [3.8, 4) is 0 Å². The highest BCUT2D eigenvalue weighted by molar-refractivity contribution is 6.77. The summed E-state index contributed by atoms with van der Waals surface area (Å²) < 4.78 is 0. The Hall–Kier alpha value is 0.177. The standard InChI is InChI=1S/C7H19NSi/c1-5-9(8,6-2)7(3)4/h7H,5-6,8H2,1-4H3. The molecule has 0 aliphatic rings. The van der Waals surface area contributed by atoms with Crippen molar-refractivity contribution in [2.75, 3.05) is 0 Å². The van der Waals surface area contributed by atoms with Gasteiger partial charge in [-0.15, -0.1) is 0 Å². The first-order valence-electron chi connectivity index (χ1n) is 3.85. The van der Waals surface area contributed by atoms with E-state index in [0.29, 0.717) is 0 Å². The molecule has 0 bridgehead atoms. The molecule has 0 amide bonds. The second kappa shape index (κ2) is 3.37.